The third-order valence-corrected chi connectivity index (χ3v) is 5.31. The quantitative estimate of drug-likeness (QED) is 0.410. The molecule has 5 heteroatoms. The molecule has 3 nitrogen and oxygen atoms in total. The van der Waals surface area contributed by atoms with E-state index in [2.05, 4.69) is 0 Å². The SMILES string of the molecule is CCOc1ccc(C2(COCc3cccc(Oc4ccccc4)c3)CC2(F)F)cc1. The molecule has 156 valence electrons. The standard InChI is InChI=1S/C25H24F2O3/c1-2-29-21-13-11-20(12-14-21)24(17-25(24,26)27)18-28-16-19-7-6-10-23(15-19)30-22-8-4-3-5-9-22/h3-15H,2,16-18H2,1H3. The lowest BCUT2D eigenvalue weighted by atomic mass is 9.96. The summed E-state index contributed by atoms with van der Waals surface area (Å²) in [6.45, 7) is 2.62. The minimum atomic E-state index is -2.77. The van der Waals surface area contributed by atoms with Gasteiger partial charge in [0.05, 0.1) is 25.2 Å². The van der Waals surface area contributed by atoms with Gasteiger partial charge in [-0.15, -0.1) is 0 Å². The van der Waals surface area contributed by atoms with E-state index in [1.165, 1.54) is 0 Å². The van der Waals surface area contributed by atoms with Crippen LogP contribution < -0.4 is 9.47 Å². The van der Waals surface area contributed by atoms with Crippen molar-refractivity contribution in [3.63, 3.8) is 0 Å². The van der Waals surface area contributed by atoms with Gasteiger partial charge in [0.2, 0.25) is 0 Å². The molecule has 0 aliphatic heterocycles. The number of benzene rings is 3. The van der Waals surface area contributed by atoms with Gasteiger partial charge in [-0.2, -0.15) is 0 Å². The normalized spacial score (nSPS) is 19.3. The fourth-order valence-electron chi connectivity index (χ4n) is 3.59. The summed E-state index contributed by atoms with van der Waals surface area (Å²) in [7, 11) is 0. The first-order valence-electron chi connectivity index (χ1n) is 10.0. The van der Waals surface area contributed by atoms with E-state index in [-0.39, 0.29) is 19.6 Å². The third-order valence-electron chi connectivity index (χ3n) is 5.31. The van der Waals surface area contributed by atoms with E-state index in [9.17, 15) is 8.78 Å². The van der Waals surface area contributed by atoms with E-state index in [1.807, 2.05) is 61.5 Å². The highest BCUT2D eigenvalue weighted by molar-refractivity contribution is 5.41. The Labute approximate surface area is 175 Å². The van der Waals surface area contributed by atoms with Crippen LogP contribution in [0.4, 0.5) is 8.78 Å². The van der Waals surface area contributed by atoms with Gasteiger partial charge in [-0.05, 0) is 54.4 Å². The van der Waals surface area contributed by atoms with Crippen molar-refractivity contribution in [2.75, 3.05) is 13.2 Å². The number of rotatable bonds is 9. The zero-order chi connectivity index (χ0) is 21.0. The molecular weight excluding hydrogens is 386 g/mol. The van der Waals surface area contributed by atoms with Crippen LogP contribution >= 0.6 is 0 Å². The molecule has 0 bridgehead atoms. The van der Waals surface area contributed by atoms with Crippen molar-refractivity contribution in [1.29, 1.82) is 0 Å². The Bertz CT molecular complexity index is 973. The van der Waals surface area contributed by atoms with Crippen LogP contribution in [0, 0.1) is 0 Å². The highest BCUT2D eigenvalue weighted by atomic mass is 19.3. The number of ether oxygens (including phenoxy) is 3. The van der Waals surface area contributed by atoms with Crippen LogP contribution in [0.5, 0.6) is 17.2 Å². The molecule has 0 amide bonds. The molecule has 0 spiro atoms. The molecule has 1 fully saturated rings. The molecule has 1 saturated carbocycles. The second kappa shape index (κ2) is 8.44. The maximum Gasteiger partial charge on any atom is 0.261 e. The summed E-state index contributed by atoms with van der Waals surface area (Å²) in [6.07, 6.45) is -0.203. The van der Waals surface area contributed by atoms with Crippen molar-refractivity contribution in [2.24, 2.45) is 0 Å². The Morgan fingerprint density at radius 1 is 0.833 bits per heavy atom. The molecule has 0 radical (unpaired) electrons. The minimum Gasteiger partial charge on any atom is -0.494 e. The first kappa shape index (κ1) is 20.4. The lowest BCUT2D eigenvalue weighted by Gasteiger charge is -2.18. The molecule has 1 aliphatic rings. The molecule has 30 heavy (non-hydrogen) atoms. The van der Waals surface area contributed by atoms with Gasteiger partial charge >= 0.3 is 0 Å². The Morgan fingerprint density at radius 2 is 1.53 bits per heavy atom. The van der Waals surface area contributed by atoms with Crippen LogP contribution in [-0.2, 0) is 16.8 Å². The molecule has 0 aromatic heterocycles. The maximum absolute atomic E-state index is 14.3. The predicted molar refractivity (Wildman–Crippen MR) is 111 cm³/mol. The van der Waals surface area contributed by atoms with E-state index in [0.29, 0.717) is 23.7 Å². The topological polar surface area (TPSA) is 27.7 Å². The van der Waals surface area contributed by atoms with Gasteiger partial charge < -0.3 is 14.2 Å². The highest BCUT2D eigenvalue weighted by Crippen LogP contribution is 2.61. The van der Waals surface area contributed by atoms with Crippen LogP contribution in [-0.4, -0.2) is 19.1 Å². The zero-order valence-corrected chi connectivity index (χ0v) is 16.8. The first-order valence-corrected chi connectivity index (χ1v) is 10.0. The van der Waals surface area contributed by atoms with Crippen molar-refractivity contribution >= 4 is 0 Å². The van der Waals surface area contributed by atoms with Crippen LogP contribution in [0.3, 0.4) is 0 Å². The number of halogens is 2. The molecule has 3 aromatic rings. The van der Waals surface area contributed by atoms with E-state index in [0.717, 1.165) is 11.3 Å². The molecule has 1 aliphatic carbocycles. The highest BCUT2D eigenvalue weighted by Gasteiger charge is 2.72. The number of para-hydroxylation sites is 1. The first-order chi connectivity index (χ1) is 14.5. The van der Waals surface area contributed by atoms with E-state index < -0.39 is 11.3 Å². The maximum atomic E-state index is 14.3. The summed E-state index contributed by atoms with van der Waals surface area (Å²) >= 11 is 0. The Kier molecular flexibility index (Phi) is 5.73. The summed E-state index contributed by atoms with van der Waals surface area (Å²) in [4.78, 5) is 0. The van der Waals surface area contributed by atoms with Gasteiger partial charge in [-0.25, -0.2) is 8.78 Å². The van der Waals surface area contributed by atoms with E-state index in [4.69, 9.17) is 14.2 Å². The molecule has 0 N–H and O–H groups in total. The van der Waals surface area contributed by atoms with Crippen LogP contribution in [0.1, 0.15) is 24.5 Å². The average molecular weight is 410 g/mol. The molecule has 3 aromatic carbocycles. The largest absolute Gasteiger partial charge is 0.494 e. The summed E-state index contributed by atoms with van der Waals surface area (Å²) in [5, 5.41) is 0. The van der Waals surface area contributed by atoms with Gasteiger partial charge in [0.25, 0.3) is 5.92 Å². The molecule has 4 rings (SSSR count). The summed E-state index contributed by atoms with van der Waals surface area (Å²) in [5.41, 5.74) is 0.182. The Balaban J connectivity index is 1.39. The second-order valence-corrected chi connectivity index (χ2v) is 7.48. The summed E-state index contributed by atoms with van der Waals surface area (Å²) in [5.74, 6) is -0.669. The van der Waals surface area contributed by atoms with E-state index in [1.54, 1.807) is 24.3 Å². The van der Waals surface area contributed by atoms with Gasteiger partial charge in [-0.3, -0.25) is 0 Å². The van der Waals surface area contributed by atoms with Crippen molar-refractivity contribution in [2.45, 2.75) is 31.3 Å². The second-order valence-electron chi connectivity index (χ2n) is 7.48. The molecule has 0 heterocycles. The number of hydrogen-bond acceptors (Lipinski definition) is 3. The van der Waals surface area contributed by atoms with E-state index >= 15 is 0 Å². The smallest absolute Gasteiger partial charge is 0.261 e. The number of alkyl halides is 2. The van der Waals surface area contributed by atoms with Crippen LogP contribution in [0.25, 0.3) is 0 Å². The molecular formula is C25H24F2O3. The van der Waals surface area contributed by atoms with Gasteiger partial charge in [0.15, 0.2) is 0 Å². The van der Waals surface area contributed by atoms with Crippen molar-refractivity contribution in [3.8, 4) is 17.2 Å². The van der Waals surface area contributed by atoms with Crippen LogP contribution in [0.2, 0.25) is 0 Å². The minimum absolute atomic E-state index is 0.0439. The Hall–Kier alpha value is -2.92. The number of hydrogen-bond donors (Lipinski definition) is 0. The van der Waals surface area contributed by atoms with Gasteiger partial charge in [0, 0.05) is 6.42 Å². The predicted octanol–water partition coefficient (Wildman–Crippen LogP) is 6.37. The third kappa shape index (κ3) is 4.31. The lowest BCUT2D eigenvalue weighted by molar-refractivity contribution is 0.0334. The summed E-state index contributed by atoms with van der Waals surface area (Å²) < 4.78 is 45.6. The van der Waals surface area contributed by atoms with Gasteiger partial charge in [-0.1, -0.05) is 42.5 Å². The van der Waals surface area contributed by atoms with Gasteiger partial charge in [0.1, 0.15) is 17.2 Å². The van der Waals surface area contributed by atoms with Crippen molar-refractivity contribution in [1.82, 2.24) is 0 Å². The molecule has 1 atom stereocenters. The molecule has 1 unspecified atom stereocenters. The fraction of sp³-hybridized carbons (Fsp3) is 0.280. The fourth-order valence-corrected chi connectivity index (χ4v) is 3.59. The average Bonchev–Trinajstić information content (AvgIpc) is 3.31. The zero-order valence-electron chi connectivity index (χ0n) is 16.8. The Morgan fingerprint density at radius 3 is 2.20 bits per heavy atom. The lowest BCUT2D eigenvalue weighted by Crippen LogP contribution is -2.23. The monoisotopic (exact) mass is 410 g/mol. The van der Waals surface area contributed by atoms with Crippen molar-refractivity contribution < 1.29 is 23.0 Å². The van der Waals surface area contributed by atoms with Crippen molar-refractivity contribution in [3.05, 3.63) is 90.0 Å². The molecule has 0 saturated heterocycles. The van der Waals surface area contributed by atoms with Crippen LogP contribution in [0.15, 0.2) is 78.9 Å². The summed E-state index contributed by atoms with van der Waals surface area (Å²) in [6, 6.07) is 23.8.